The molecular weight excluding hydrogens is 240 g/mol. The van der Waals surface area contributed by atoms with Gasteiger partial charge < -0.3 is 0 Å². The zero-order chi connectivity index (χ0) is 13.4. The molecule has 0 aliphatic rings. The summed E-state index contributed by atoms with van der Waals surface area (Å²) < 4.78 is 0. The van der Waals surface area contributed by atoms with Gasteiger partial charge in [-0.05, 0) is 38.7 Å². The lowest BCUT2D eigenvalue weighted by atomic mass is 9.95. The average molecular weight is 253 g/mol. The second-order valence-electron chi connectivity index (χ2n) is 4.98. The van der Waals surface area contributed by atoms with Crippen LogP contribution in [0.4, 0.5) is 0 Å². The highest BCUT2D eigenvalue weighted by atomic mass is 14.1. The molecular formula is C20H13. The van der Waals surface area contributed by atoms with Crippen LogP contribution in [0.3, 0.4) is 0 Å². The van der Waals surface area contributed by atoms with Gasteiger partial charge in [0, 0.05) is 0 Å². The van der Waals surface area contributed by atoms with Crippen molar-refractivity contribution in [2.45, 2.75) is 0 Å². The lowest BCUT2D eigenvalue weighted by molar-refractivity contribution is 1.65. The summed E-state index contributed by atoms with van der Waals surface area (Å²) in [5, 5.41) is 5.22. The maximum atomic E-state index is 3.08. The van der Waals surface area contributed by atoms with Gasteiger partial charge in [0.2, 0.25) is 0 Å². The maximum Gasteiger partial charge on any atom is -0.00990 e. The van der Waals surface area contributed by atoms with E-state index in [2.05, 4.69) is 72.8 Å². The molecule has 0 spiro atoms. The van der Waals surface area contributed by atoms with E-state index in [1.165, 1.54) is 32.7 Å². The normalized spacial score (nSPS) is 11.0. The third-order valence-electron chi connectivity index (χ3n) is 3.82. The Morgan fingerprint density at radius 3 is 2.25 bits per heavy atom. The third kappa shape index (κ3) is 1.70. The Balaban J connectivity index is 2.12. The summed E-state index contributed by atoms with van der Waals surface area (Å²) in [6.07, 6.45) is 0. The highest BCUT2D eigenvalue weighted by Crippen LogP contribution is 2.32. The predicted molar refractivity (Wildman–Crippen MR) is 85.7 cm³/mol. The van der Waals surface area contributed by atoms with Crippen molar-refractivity contribution in [2.75, 3.05) is 0 Å². The smallest absolute Gasteiger partial charge is 0.00990 e. The van der Waals surface area contributed by atoms with Crippen LogP contribution >= 0.6 is 0 Å². The van der Waals surface area contributed by atoms with Gasteiger partial charge in [0.15, 0.2) is 0 Å². The topological polar surface area (TPSA) is 0 Å². The zero-order valence-corrected chi connectivity index (χ0v) is 11.0. The fourth-order valence-corrected chi connectivity index (χ4v) is 2.86. The average Bonchev–Trinajstić information content (AvgIpc) is 2.55. The zero-order valence-electron chi connectivity index (χ0n) is 11.0. The number of rotatable bonds is 1. The van der Waals surface area contributed by atoms with Crippen LogP contribution in [0, 0.1) is 6.07 Å². The van der Waals surface area contributed by atoms with Gasteiger partial charge in [-0.25, -0.2) is 0 Å². The molecule has 0 fully saturated rings. The molecule has 0 aliphatic carbocycles. The van der Waals surface area contributed by atoms with Gasteiger partial charge in [-0.15, -0.1) is 0 Å². The first-order valence-electron chi connectivity index (χ1n) is 6.80. The van der Waals surface area contributed by atoms with Crippen molar-refractivity contribution in [2.24, 2.45) is 0 Å². The molecule has 0 atom stereocenters. The van der Waals surface area contributed by atoms with Gasteiger partial charge in [0.25, 0.3) is 0 Å². The van der Waals surface area contributed by atoms with E-state index in [0.717, 1.165) is 0 Å². The molecule has 4 rings (SSSR count). The second kappa shape index (κ2) is 4.50. The molecule has 0 heteroatoms. The van der Waals surface area contributed by atoms with Crippen molar-refractivity contribution in [1.29, 1.82) is 0 Å². The van der Waals surface area contributed by atoms with Crippen molar-refractivity contribution < 1.29 is 0 Å². The summed E-state index contributed by atoms with van der Waals surface area (Å²) in [7, 11) is 0. The Bertz CT molecular complexity index is 889. The predicted octanol–water partition coefficient (Wildman–Crippen LogP) is 5.46. The van der Waals surface area contributed by atoms with Crippen molar-refractivity contribution in [3.05, 3.63) is 84.9 Å². The van der Waals surface area contributed by atoms with Gasteiger partial charge in [-0.3, -0.25) is 0 Å². The van der Waals surface area contributed by atoms with Crippen molar-refractivity contribution >= 4 is 21.5 Å². The van der Waals surface area contributed by atoms with Crippen LogP contribution < -0.4 is 0 Å². The minimum absolute atomic E-state index is 1.24. The summed E-state index contributed by atoms with van der Waals surface area (Å²) in [6.45, 7) is 0. The highest BCUT2D eigenvalue weighted by Gasteiger charge is 2.05. The Labute approximate surface area is 118 Å². The van der Waals surface area contributed by atoms with Gasteiger partial charge in [-0.1, -0.05) is 78.9 Å². The van der Waals surface area contributed by atoms with E-state index in [1.54, 1.807) is 0 Å². The summed E-state index contributed by atoms with van der Waals surface area (Å²) in [6, 6.07) is 30.8. The molecule has 0 unspecified atom stereocenters. The van der Waals surface area contributed by atoms with Gasteiger partial charge >= 0.3 is 0 Å². The molecule has 0 aliphatic heterocycles. The molecule has 0 heterocycles. The number of hydrogen-bond acceptors (Lipinski definition) is 0. The standard InChI is InChI=1S/C20H13/c1-2-7-15(8-3-1)18-11-6-12-19-17-10-5-4-9-16(17)13-14-20(18)19/h2-14H. The number of benzene rings is 4. The van der Waals surface area contributed by atoms with E-state index in [1.807, 2.05) is 12.1 Å². The fraction of sp³-hybridized carbons (Fsp3) is 0. The molecule has 4 aromatic rings. The molecule has 0 saturated heterocycles. The van der Waals surface area contributed by atoms with E-state index in [0.29, 0.717) is 0 Å². The van der Waals surface area contributed by atoms with Crippen molar-refractivity contribution in [1.82, 2.24) is 0 Å². The maximum absolute atomic E-state index is 3.08. The van der Waals surface area contributed by atoms with Gasteiger partial charge in [-0.2, -0.15) is 0 Å². The third-order valence-corrected chi connectivity index (χ3v) is 3.82. The monoisotopic (exact) mass is 253 g/mol. The fourth-order valence-electron chi connectivity index (χ4n) is 2.86. The summed E-state index contributed by atoms with van der Waals surface area (Å²) in [4.78, 5) is 0. The van der Waals surface area contributed by atoms with Crippen LogP contribution in [0.15, 0.2) is 78.9 Å². The van der Waals surface area contributed by atoms with Crippen molar-refractivity contribution in [3.63, 3.8) is 0 Å². The second-order valence-corrected chi connectivity index (χ2v) is 4.98. The molecule has 4 aromatic carbocycles. The lowest BCUT2D eigenvalue weighted by Crippen LogP contribution is -1.82. The van der Waals surface area contributed by atoms with Gasteiger partial charge in [0.1, 0.15) is 0 Å². The summed E-state index contributed by atoms with van der Waals surface area (Å²) in [5.74, 6) is 0. The molecule has 0 bridgehead atoms. The largest absolute Gasteiger partial charge is 0.0616 e. The van der Waals surface area contributed by atoms with Crippen LogP contribution in [-0.2, 0) is 0 Å². The minimum Gasteiger partial charge on any atom is -0.0616 e. The molecule has 93 valence electrons. The SMILES string of the molecule is [c]1ccc(-c2cccc3c2ccc2ccccc23)cc1. The van der Waals surface area contributed by atoms with Crippen LogP contribution in [0.5, 0.6) is 0 Å². The molecule has 0 nitrogen and oxygen atoms in total. The van der Waals surface area contributed by atoms with E-state index in [-0.39, 0.29) is 0 Å². The first kappa shape index (κ1) is 11.2. The Morgan fingerprint density at radius 1 is 0.550 bits per heavy atom. The van der Waals surface area contributed by atoms with E-state index in [4.69, 9.17) is 0 Å². The summed E-state index contributed by atoms with van der Waals surface area (Å²) in [5.41, 5.74) is 2.52. The molecule has 0 aromatic heterocycles. The first-order chi connectivity index (χ1) is 9.93. The molecule has 0 N–H and O–H groups in total. The molecule has 1 radical (unpaired) electrons. The van der Waals surface area contributed by atoms with Crippen LogP contribution in [0.25, 0.3) is 32.7 Å². The van der Waals surface area contributed by atoms with Crippen molar-refractivity contribution in [3.8, 4) is 11.1 Å². The number of fused-ring (bicyclic) bond motifs is 3. The molecule has 0 amide bonds. The van der Waals surface area contributed by atoms with Crippen LogP contribution in [0.1, 0.15) is 0 Å². The Kier molecular flexibility index (Phi) is 2.53. The summed E-state index contributed by atoms with van der Waals surface area (Å²) >= 11 is 0. The van der Waals surface area contributed by atoms with E-state index < -0.39 is 0 Å². The first-order valence-corrected chi connectivity index (χ1v) is 6.80. The number of hydrogen-bond donors (Lipinski definition) is 0. The Hall–Kier alpha value is -2.60. The Morgan fingerprint density at radius 2 is 1.35 bits per heavy atom. The van der Waals surface area contributed by atoms with Crippen LogP contribution in [-0.4, -0.2) is 0 Å². The molecule has 20 heavy (non-hydrogen) atoms. The van der Waals surface area contributed by atoms with Crippen LogP contribution in [0.2, 0.25) is 0 Å². The molecule has 0 saturated carbocycles. The van der Waals surface area contributed by atoms with E-state index in [9.17, 15) is 0 Å². The highest BCUT2D eigenvalue weighted by molar-refractivity contribution is 6.11. The minimum atomic E-state index is 1.24. The quantitative estimate of drug-likeness (QED) is 0.395. The van der Waals surface area contributed by atoms with E-state index >= 15 is 0 Å². The van der Waals surface area contributed by atoms with Gasteiger partial charge in [0.05, 0.1) is 0 Å². The lowest BCUT2D eigenvalue weighted by Gasteiger charge is -2.09.